The number of nitrogens with one attached hydrogen (secondary N) is 1. The van der Waals surface area contributed by atoms with Crippen LogP contribution in [0.15, 0.2) is 78.2 Å². The summed E-state index contributed by atoms with van der Waals surface area (Å²) in [7, 11) is 2.94. The van der Waals surface area contributed by atoms with Crippen molar-refractivity contribution in [3.63, 3.8) is 0 Å². The van der Waals surface area contributed by atoms with Crippen LogP contribution in [0.2, 0.25) is 0 Å². The molecule has 9 heteroatoms. The molecule has 0 aliphatic carbocycles. The fraction of sp³-hybridized carbons (Fsp3) is 0.405. The van der Waals surface area contributed by atoms with Crippen molar-refractivity contribution in [2.24, 2.45) is 23.7 Å². The number of hydrogen-bond acceptors (Lipinski definition) is 7. The van der Waals surface area contributed by atoms with Gasteiger partial charge in [-0.25, -0.2) is 9.78 Å². The SMILES string of the molecule is C/C=C1/CN2CCc3c([nH]c4ccccc34)C2CC1C(Cc1cn2c(c3nc4ccccc4c1-3)CC1C(C(=O)OC)=COC(C)C1C2)C(=O)OC. The van der Waals surface area contributed by atoms with Crippen LogP contribution in [-0.2, 0) is 49.6 Å². The van der Waals surface area contributed by atoms with Crippen LogP contribution in [0.3, 0.4) is 0 Å². The van der Waals surface area contributed by atoms with Crippen LogP contribution in [0.1, 0.15) is 48.8 Å². The first-order valence-electron chi connectivity index (χ1n) is 18.3. The number of nitrogens with zero attached hydrogens (tertiary/aromatic N) is 3. The average molecular weight is 685 g/mol. The second-order valence-electron chi connectivity index (χ2n) is 14.8. The van der Waals surface area contributed by atoms with Gasteiger partial charge in [0.15, 0.2) is 0 Å². The van der Waals surface area contributed by atoms with Crippen LogP contribution in [0.5, 0.6) is 0 Å². The molecule has 1 N–H and O–H groups in total. The lowest BCUT2D eigenvalue weighted by Crippen LogP contribution is -2.45. The molecule has 6 unspecified atom stereocenters. The molecule has 7 heterocycles. The summed E-state index contributed by atoms with van der Waals surface area (Å²) in [4.78, 5) is 38.5. The van der Waals surface area contributed by atoms with Gasteiger partial charge in [0.2, 0.25) is 0 Å². The van der Waals surface area contributed by atoms with Crippen LogP contribution >= 0.6 is 0 Å². The number of benzene rings is 2. The Balaban J connectivity index is 1.14. The Hall–Kier alpha value is -4.89. The highest BCUT2D eigenvalue weighted by atomic mass is 16.5. The first kappa shape index (κ1) is 32.0. The Morgan fingerprint density at radius 3 is 2.71 bits per heavy atom. The summed E-state index contributed by atoms with van der Waals surface area (Å²) in [5, 5.41) is 2.39. The van der Waals surface area contributed by atoms with Crippen molar-refractivity contribution in [3.05, 3.63) is 101 Å². The highest BCUT2D eigenvalue weighted by molar-refractivity contribution is 6.00. The number of allylic oxidation sites excluding steroid dienone is 1. The third-order valence-electron chi connectivity index (χ3n) is 12.5. The molecule has 9 rings (SSSR count). The van der Waals surface area contributed by atoms with Crippen LogP contribution in [0, 0.1) is 23.7 Å². The minimum Gasteiger partial charge on any atom is -0.497 e. The molecular formula is C42H44N4O5. The zero-order valence-corrected chi connectivity index (χ0v) is 29.6. The molecule has 1 saturated heterocycles. The number of carbonyl (C=O) groups is 2. The van der Waals surface area contributed by atoms with Gasteiger partial charge in [0.25, 0.3) is 0 Å². The van der Waals surface area contributed by atoms with Gasteiger partial charge in [-0.15, -0.1) is 0 Å². The Kier molecular flexibility index (Phi) is 7.80. The van der Waals surface area contributed by atoms with E-state index in [0.29, 0.717) is 25.0 Å². The number of rotatable bonds is 5. The first-order chi connectivity index (χ1) is 24.9. The quantitative estimate of drug-likeness (QED) is 0.161. The van der Waals surface area contributed by atoms with E-state index >= 15 is 0 Å². The lowest BCUT2D eigenvalue weighted by Gasteiger charge is -2.45. The maximum atomic E-state index is 14.0. The lowest BCUT2D eigenvalue weighted by molar-refractivity contribution is -0.147. The maximum Gasteiger partial charge on any atom is 0.337 e. The second-order valence-corrected chi connectivity index (χ2v) is 14.8. The summed E-state index contributed by atoms with van der Waals surface area (Å²) in [5.41, 5.74) is 10.9. The topological polar surface area (TPSA) is 98.7 Å². The zero-order chi connectivity index (χ0) is 35.0. The summed E-state index contributed by atoms with van der Waals surface area (Å²) in [6.07, 6.45) is 9.04. The fourth-order valence-corrected chi connectivity index (χ4v) is 9.91. The van der Waals surface area contributed by atoms with Crippen molar-refractivity contribution in [2.75, 3.05) is 27.3 Å². The maximum absolute atomic E-state index is 14.0. The predicted molar refractivity (Wildman–Crippen MR) is 195 cm³/mol. The summed E-state index contributed by atoms with van der Waals surface area (Å²) < 4.78 is 19.1. The minimum absolute atomic E-state index is 0.00947. The van der Waals surface area contributed by atoms with Crippen LogP contribution in [0.4, 0.5) is 0 Å². The number of hydrogen-bond donors (Lipinski definition) is 1. The van der Waals surface area contributed by atoms with Gasteiger partial charge in [-0.2, -0.15) is 0 Å². The third-order valence-corrected chi connectivity index (χ3v) is 12.5. The fourth-order valence-electron chi connectivity index (χ4n) is 9.91. The molecule has 0 bridgehead atoms. The number of fused-ring (bicyclic) bond motifs is 11. The highest BCUT2D eigenvalue weighted by Gasteiger charge is 2.45. The number of aromatic nitrogens is 3. The molecule has 51 heavy (non-hydrogen) atoms. The van der Waals surface area contributed by atoms with Crippen LogP contribution in [-0.4, -0.2) is 64.8 Å². The molecule has 0 saturated carbocycles. The van der Waals surface area contributed by atoms with E-state index in [-0.39, 0.29) is 47.8 Å². The van der Waals surface area contributed by atoms with Gasteiger partial charge in [0.05, 0.1) is 49.2 Å². The minimum atomic E-state index is -0.379. The molecule has 6 atom stereocenters. The van der Waals surface area contributed by atoms with E-state index in [2.05, 4.69) is 83.0 Å². The molecule has 6 aliphatic heterocycles. The van der Waals surface area contributed by atoms with E-state index in [0.717, 1.165) is 59.3 Å². The smallest absolute Gasteiger partial charge is 0.337 e. The molecule has 1 fully saturated rings. The second kappa shape index (κ2) is 12.4. The van der Waals surface area contributed by atoms with Gasteiger partial charge in [-0.1, -0.05) is 48.0 Å². The normalized spacial score (nSPS) is 25.8. The molecule has 1 aromatic heterocycles. The molecule has 262 valence electrons. The van der Waals surface area contributed by atoms with Gasteiger partial charge in [0, 0.05) is 70.9 Å². The van der Waals surface area contributed by atoms with Crippen molar-refractivity contribution in [1.82, 2.24) is 19.4 Å². The van der Waals surface area contributed by atoms with Gasteiger partial charge in [-0.05, 0) is 68.7 Å². The Labute approximate surface area is 297 Å². The van der Waals surface area contributed by atoms with E-state index in [1.165, 1.54) is 42.0 Å². The van der Waals surface area contributed by atoms with Crippen molar-refractivity contribution in [1.29, 1.82) is 0 Å². The summed E-state index contributed by atoms with van der Waals surface area (Å²) >= 11 is 0. The van der Waals surface area contributed by atoms with Crippen molar-refractivity contribution < 1.29 is 23.8 Å². The molecule has 3 aromatic rings. The summed E-state index contributed by atoms with van der Waals surface area (Å²) in [5.74, 6) is -0.842. The van der Waals surface area contributed by atoms with Gasteiger partial charge in [0.1, 0.15) is 6.10 Å². The van der Waals surface area contributed by atoms with Crippen LogP contribution in [0.25, 0.3) is 33.1 Å². The highest BCUT2D eigenvalue weighted by Crippen LogP contribution is 2.48. The number of piperidine rings is 1. The number of para-hydroxylation sites is 2. The molecule has 0 spiro atoms. The Morgan fingerprint density at radius 1 is 1.10 bits per heavy atom. The summed E-state index contributed by atoms with van der Waals surface area (Å²) in [6, 6.07) is 17.1. The van der Waals surface area contributed by atoms with Crippen molar-refractivity contribution >= 4 is 33.7 Å². The lowest BCUT2D eigenvalue weighted by atomic mass is 9.72. The Morgan fingerprint density at radius 2 is 1.90 bits per heavy atom. The van der Waals surface area contributed by atoms with E-state index in [4.69, 9.17) is 19.2 Å². The van der Waals surface area contributed by atoms with Crippen LogP contribution < -0.4 is 0 Å². The largest absolute Gasteiger partial charge is 0.497 e. The number of carbonyl (C=O) groups excluding carboxylic acids is 2. The molecule has 9 nitrogen and oxygen atoms in total. The third kappa shape index (κ3) is 5.03. The zero-order valence-electron chi connectivity index (χ0n) is 29.6. The summed E-state index contributed by atoms with van der Waals surface area (Å²) in [6.45, 7) is 6.69. The van der Waals surface area contributed by atoms with Gasteiger partial charge in [-0.3, -0.25) is 9.69 Å². The number of esters is 2. The number of aromatic amines is 1. The molecular weight excluding hydrogens is 640 g/mol. The number of methoxy groups -OCH3 is 2. The molecule has 0 radical (unpaired) electrons. The number of ether oxygens (including phenoxy) is 3. The van der Waals surface area contributed by atoms with E-state index in [1.54, 1.807) is 6.26 Å². The van der Waals surface area contributed by atoms with Crippen molar-refractivity contribution in [2.45, 2.75) is 58.2 Å². The first-order valence-corrected chi connectivity index (χ1v) is 18.3. The number of H-pyrrole nitrogens is 1. The predicted octanol–water partition coefficient (Wildman–Crippen LogP) is 6.78. The van der Waals surface area contributed by atoms with Gasteiger partial charge >= 0.3 is 11.9 Å². The molecule has 2 aromatic carbocycles. The standard InChI is InChI=1S/C42H44N4O5/c1-5-24-19-45-15-14-27-26-10-6-8-12-34(26)43-39(27)36(45)17-29(24)31(41(47)49-3)16-25-20-46-21-32-23(2)51-22-33(42(48)50-4)30(32)18-37(46)40-38(25)28-11-7-9-13-35(28)44-40/h5-13,20,22-23,29-32,36,43H,14-19,21H2,1-4H3/b24-5-. The van der Waals surface area contributed by atoms with E-state index in [1.807, 2.05) is 6.07 Å². The van der Waals surface area contributed by atoms with E-state index < -0.39 is 0 Å². The average Bonchev–Trinajstić information content (AvgIpc) is 3.75. The van der Waals surface area contributed by atoms with E-state index in [9.17, 15) is 9.59 Å². The molecule has 0 amide bonds. The number of pyridine rings is 1. The molecule has 6 aliphatic rings. The van der Waals surface area contributed by atoms with Gasteiger partial charge < -0.3 is 23.8 Å². The monoisotopic (exact) mass is 684 g/mol. The Bertz CT molecular complexity index is 2230. The van der Waals surface area contributed by atoms with Crippen molar-refractivity contribution in [3.8, 4) is 11.3 Å².